The lowest BCUT2D eigenvalue weighted by Crippen LogP contribution is -2.52. The van der Waals surface area contributed by atoms with Gasteiger partial charge in [0.1, 0.15) is 5.75 Å². The van der Waals surface area contributed by atoms with E-state index in [1.54, 1.807) is 0 Å². The first-order valence-corrected chi connectivity index (χ1v) is 11.4. The van der Waals surface area contributed by atoms with Gasteiger partial charge in [0, 0.05) is 57.3 Å². The van der Waals surface area contributed by atoms with Gasteiger partial charge in [-0.3, -0.25) is 9.69 Å². The Balaban J connectivity index is 1.41. The molecule has 7 nitrogen and oxygen atoms in total. The van der Waals surface area contributed by atoms with Gasteiger partial charge < -0.3 is 20.3 Å². The maximum atomic E-state index is 12.4. The van der Waals surface area contributed by atoms with Crippen molar-refractivity contribution in [3.05, 3.63) is 29.8 Å². The summed E-state index contributed by atoms with van der Waals surface area (Å²) in [7, 11) is 0. The molecule has 1 saturated carbocycles. The number of benzene rings is 1. The van der Waals surface area contributed by atoms with E-state index in [0.717, 1.165) is 75.9 Å². The lowest BCUT2D eigenvalue weighted by Gasteiger charge is -2.38. The second kappa shape index (κ2) is 11.8. The number of hydrogen-bond donors (Lipinski definition) is 2. The number of hydrogen-bond acceptors (Lipinski definition) is 4. The SMILES string of the molecule is CCNC(=NCc1ccccc1OCC)NCCN1CCN(C(=O)C2CCC2)CC1. The van der Waals surface area contributed by atoms with Gasteiger partial charge in [-0.1, -0.05) is 24.6 Å². The Kier molecular flexibility index (Phi) is 8.81. The van der Waals surface area contributed by atoms with Crippen LogP contribution in [0.3, 0.4) is 0 Å². The van der Waals surface area contributed by atoms with E-state index in [1.807, 2.05) is 25.1 Å². The summed E-state index contributed by atoms with van der Waals surface area (Å²) in [5.41, 5.74) is 1.09. The summed E-state index contributed by atoms with van der Waals surface area (Å²) in [5, 5.41) is 6.75. The van der Waals surface area contributed by atoms with Crippen LogP contribution in [0.4, 0.5) is 0 Å². The van der Waals surface area contributed by atoms with Crippen LogP contribution in [0.15, 0.2) is 29.3 Å². The third-order valence-electron chi connectivity index (χ3n) is 5.88. The number of guanidine groups is 1. The third kappa shape index (κ3) is 6.36. The topological polar surface area (TPSA) is 69.2 Å². The number of amides is 1. The Morgan fingerprint density at radius 3 is 2.57 bits per heavy atom. The van der Waals surface area contributed by atoms with Crippen molar-refractivity contribution in [2.45, 2.75) is 39.7 Å². The van der Waals surface area contributed by atoms with Gasteiger partial charge in [0.2, 0.25) is 5.91 Å². The summed E-state index contributed by atoms with van der Waals surface area (Å²) in [4.78, 5) is 21.6. The molecule has 30 heavy (non-hydrogen) atoms. The first-order valence-electron chi connectivity index (χ1n) is 11.4. The molecule has 1 heterocycles. The predicted octanol–water partition coefficient (Wildman–Crippen LogP) is 2.08. The molecule has 2 fully saturated rings. The average Bonchev–Trinajstić information content (AvgIpc) is 2.72. The number of nitrogens with zero attached hydrogens (tertiary/aromatic N) is 3. The van der Waals surface area contributed by atoms with Crippen LogP contribution in [0.1, 0.15) is 38.7 Å². The number of carbonyl (C=O) groups is 1. The molecule has 1 aliphatic heterocycles. The molecule has 166 valence electrons. The summed E-state index contributed by atoms with van der Waals surface area (Å²) in [6, 6.07) is 8.05. The Bertz CT molecular complexity index is 697. The number of carbonyl (C=O) groups excluding carboxylic acids is 1. The molecule has 0 spiro atoms. The van der Waals surface area contributed by atoms with Crippen LogP contribution in [0.25, 0.3) is 0 Å². The number of piperazine rings is 1. The van der Waals surface area contributed by atoms with E-state index < -0.39 is 0 Å². The van der Waals surface area contributed by atoms with Crippen molar-refractivity contribution in [2.75, 3.05) is 52.4 Å². The first-order chi connectivity index (χ1) is 14.7. The van der Waals surface area contributed by atoms with Gasteiger partial charge in [-0.15, -0.1) is 0 Å². The molecule has 0 bridgehead atoms. The van der Waals surface area contributed by atoms with E-state index in [4.69, 9.17) is 9.73 Å². The summed E-state index contributed by atoms with van der Waals surface area (Å²) in [6.07, 6.45) is 3.39. The molecule has 0 aromatic heterocycles. The molecule has 1 saturated heterocycles. The minimum atomic E-state index is 0.310. The fourth-order valence-corrected chi connectivity index (χ4v) is 3.87. The highest BCUT2D eigenvalue weighted by molar-refractivity contribution is 5.80. The lowest BCUT2D eigenvalue weighted by molar-refractivity contribution is -0.139. The van der Waals surface area contributed by atoms with Crippen molar-refractivity contribution in [1.82, 2.24) is 20.4 Å². The van der Waals surface area contributed by atoms with Gasteiger partial charge >= 0.3 is 0 Å². The van der Waals surface area contributed by atoms with Crippen LogP contribution in [0, 0.1) is 5.92 Å². The molecule has 7 heteroatoms. The van der Waals surface area contributed by atoms with Crippen molar-refractivity contribution in [2.24, 2.45) is 10.9 Å². The molecule has 0 atom stereocenters. The van der Waals surface area contributed by atoms with Crippen LogP contribution in [-0.2, 0) is 11.3 Å². The van der Waals surface area contributed by atoms with Gasteiger partial charge in [0.25, 0.3) is 0 Å². The van der Waals surface area contributed by atoms with Crippen LogP contribution in [-0.4, -0.2) is 74.1 Å². The highest BCUT2D eigenvalue weighted by atomic mass is 16.5. The van der Waals surface area contributed by atoms with Crippen molar-refractivity contribution in [1.29, 1.82) is 0 Å². The van der Waals surface area contributed by atoms with E-state index >= 15 is 0 Å². The van der Waals surface area contributed by atoms with Gasteiger partial charge in [0.15, 0.2) is 5.96 Å². The van der Waals surface area contributed by atoms with Crippen LogP contribution < -0.4 is 15.4 Å². The fourth-order valence-electron chi connectivity index (χ4n) is 3.87. The number of nitrogens with one attached hydrogen (secondary N) is 2. The quantitative estimate of drug-likeness (QED) is 0.477. The third-order valence-corrected chi connectivity index (χ3v) is 5.88. The molecular weight excluding hydrogens is 378 g/mol. The van der Waals surface area contributed by atoms with Gasteiger partial charge in [-0.25, -0.2) is 4.99 Å². The monoisotopic (exact) mass is 415 g/mol. The Hall–Kier alpha value is -2.28. The Morgan fingerprint density at radius 1 is 1.13 bits per heavy atom. The molecule has 0 unspecified atom stereocenters. The maximum absolute atomic E-state index is 12.4. The van der Waals surface area contributed by atoms with Gasteiger partial charge in [-0.2, -0.15) is 0 Å². The zero-order chi connectivity index (χ0) is 21.2. The molecule has 0 radical (unpaired) electrons. The lowest BCUT2D eigenvalue weighted by atomic mass is 9.84. The smallest absolute Gasteiger partial charge is 0.225 e. The van der Waals surface area contributed by atoms with Crippen LogP contribution >= 0.6 is 0 Å². The highest BCUT2D eigenvalue weighted by Crippen LogP contribution is 2.28. The van der Waals surface area contributed by atoms with E-state index in [2.05, 4.69) is 33.4 Å². The van der Waals surface area contributed by atoms with Gasteiger partial charge in [-0.05, 0) is 32.8 Å². The standard InChI is InChI=1S/C23H37N5O2/c1-3-24-23(26-18-20-8-5-6-11-21(20)30-4-2)25-12-13-27-14-16-28(17-15-27)22(29)19-9-7-10-19/h5-6,8,11,19H,3-4,7,9-10,12-18H2,1-2H3,(H2,24,25,26). The van der Waals surface area contributed by atoms with Crippen LogP contribution in [0.2, 0.25) is 0 Å². The fraction of sp³-hybridized carbons (Fsp3) is 0.652. The normalized spacial score (nSPS) is 18.1. The van der Waals surface area contributed by atoms with Crippen molar-refractivity contribution in [3.8, 4) is 5.75 Å². The van der Waals surface area contributed by atoms with Crippen molar-refractivity contribution in [3.63, 3.8) is 0 Å². The summed E-state index contributed by atoms with van der Waals surface area (Å²) >= 11 is 0. The number of para-hydroxylation sites is 1. The van der Waals surface area contributed by atoms with Crippen molar-refractivity contribution < 1.29 is 9.53 Å². The van der Waals surface area contributed by atoms with E-state index in [-0.39, 0.29) is 0 Å². The molecule has 2 N–H and O–H groups in total. The number of aliphatic imine (C=N–C) groups is 1. The molecule has 1 aromatic rings. The highest BCUT2D eigenvalue weighted by Gasteiger charge is 2.30. The van der Waals surface area contributed by atoms with Crippen molar-refractivity contribution >= 4 is 11.9 Å². The summed E-state index contributed by atoms with van der Waals surface area (Å²) < 4.78 is 5.70. The molecule has 1 aromatic carbocycles. The summed E-state index contributed by atoms with van der Waals surface area (Å²) in [6.45, 7) is 11.5. The Morgan fingerprint density at radius 2 is 1.90 bits per heavy atom. The largest absolute Gasteiger partial charge is 0.494 e. The Labute approximate surface area is 180 Å². The molecule has 2 aliphatic rings. The molecule has 3 rings (SSSR count). The molecular formula is C23H37N5O2. The minimum absolute atomic E-state index is 0.310. The predicted molar refractivity (Wildman–Crippen MR) is 121 cm³/mol. The van der Waals surface area contributed by atoms with E-state index in [0.29, 0.717) is 25.0 Å². The van der Waals surface area contributed by atoms with Crippen LogP contribution in [0.5, 0.6) is 5.75 Å². The maximum Gasteiger partial charge on any atom is 0.225 e. The van der Waals surface area contributed by atoms with E-state index in [1.165, 1.54) is 6.42 Å². The average molecular weight is 416 g/mol. The minimum Gasteiger partial charge on any atom is -0.494 e. The second-order valence-electron chi connectivity index (χ2n) is 7.96. The van der Waals surface area contributed by atoms with E-state index in [9.17, 15) is 4.79 Å². The van der Waals surface area contributed by atoms with Gasteiger partial charge in [0.05, 0.1) is 13.2 Å². The molecule has 1 aliphatic carbocycles. The summed E-state index contributed by atoms with van der Waals surface area (Å²) in [5.74, 6) is 2.41. The zero-order valence-electron chi connectivity index (χ0n) is 18.5. The molecule has 1 amide bonds. The first kappa shape index (κ1) is 22.4. The number of rotatable bonds is 9. The zero-order valence-corrected chi connectivity index (χ0v) is 18.5. The number of ether oxygens (including phenoxy) is 1. The second-order valence-corrected chi connectivity index (χ2v) is 7.96.